The van der Waals surface area contributed by atoms with Crippen molar-refractivity contribution in [1.82, 2.24) is 4.90 Å². The number of hydrogen-bond donors (Lipinski definition) is 0. The van der Waals surface area contributed by atoms with Gasteiger partial charge >= 0.3 is 0 Å². The minimum absolute atomic E-state index is 0.0479. The molecule has 0 aromatic rings. The molecule has 2 aliphatic heterocycles. The summed E-state index contributed by atoms with van der Waals surface area (Å²) in [5.41, 5.74) is -0.626. The lowest BCUT2D eigenvalue weighted by molar-refractivity contribution is -0.232. The van der Waals surface area contributed by atoms with Crippen molar-refractivity contribution in [3.05, 3.63) is 23.3 Å². The monoisotopic (exact) mass is 476 g/mol. The highest BCUT2D eigenvalue weighted by Gasteiger charge is 2.83. The van der Waals surface area contributed by atoms with Crippen molar-refractivity contribution in [1.29, 1.82) is 5.26 Å². The first kappa shape index (κ1) is 23.5. The fraction of sp³-hybridized carbons (Fsp3) is 0.767. The van der Waals surface area contributed by atoms with Gasteiger partial charge in [-0.25, -0.2) is 0 Å². The second-order valence-corrected chi connectivity index (χ2v) is 14.4. The zero-order chi connectivity index (χ0) is 25.4. The maximum Gasteiger partial charge on any atom is 0.264 e. The third-order valence-corrected chi connectivity index (χ3v) is 12.7. The standard InChI is InChI=1S/C30H40N2O3/c1-24(2)10-12-29-13-11-27(5)26(4)9-8-21-25(3,15-19(16-31)23(34)32(21)7)20(26)14-22(33)30(27,35-18-29)28(29,6)17-24/h14-15,21H,8-13,17-18H2,1-7H3/t21-,25-,26-,27+,28-,29-,30-/m1/s1. The molecular formula is C30H40N2O3. The first-order valence-electron chi connectivity index (χ1n) is 13.5. The maximum atomic E-state index is 14.6. The summed E-state index contributed by atoms with van der Waals surface area (Å²) in [6.07, 6.45) is 11.0. The SMILES string of the molecule is CN1C(=O)C(C#N)=C[C@]2(C)C3=CC(=O)[C@]45OC[C@@]6(CCC(C)(C)C[C@]64C)CC[C@@]5(C)[C@]3(C)CC[C@@H]12. The highest BCUT2D eigenvalue weighted by molar-refractivity contribution is 6.03. The highest BCUT2D eigenvalue weighted by Crippen LogP contribution is 2.81. The molecule has 1 amide bonds. The molecule has 2 bridgehead atoms. The molecule has 2 heterocycles. The second-order valence-electron chi connectivity index (χ2n) is 14.4. The van der Waals surface area contributed by atoms with Crippen LogP contribution >= 0.6 is 0 Å². The van der Waals surface area contributed by atoms with Crippen molar-refractivity contribution in [3.63, 3.8) is 0 Å². The zero-order valence-corrected chi connectivity index (χ0v) is 22.5. The number of carbonyl (C=O) groups is 2. The Morgan fingerprint density at radius 2 is 1.69 bits per heavy atom. The first-order valence-corrected chi connectivity index (χ1v) is 13.5. The molecule has 0 N–H and O–H groups in total. The van der Waals surface area contributed by atoms with Crippen molar-refractivity contribution >= 4 is 11.7 Å². The van der Waals surface area contributed by atoms with E-state index in [1.165, 1.54) is 6.42 Å². The van der Waals surface area contributed by atoms with Crippen LogP contribution in [0.2, 0.25) is 0 Å². The van der Waals surface area contributed by atoms with E-state index in [2.05, 4.69) is 47.6 Å². The lowest BCUT2D eigenvalue weighted by Crippen LogP contribution is -2.75. The van der Waals surface area contributed by atoms with Crippen LogP contribution in [0.3, 0.4) is 0 Å². The average Bonchev–Trinajstić information content (AvgIpc) is 2.93. The topological polar surface area (TPSA) is 70.4 Å². The number of rotatable bonds is 0. The molecule has 4 aliphatic carbocycles. The average molecular weight is 477 g/mol. The molecule has 5 heteroatoms. The number of nitriles is 1. The molecule has 1 saturated heterocycles. The van der Waals surface area contributed by atoms with Crippen molar-refractivity contribution < 1.29 is 14.3 Å². The Kier molecular flexibility index (Phi) is 4.23. The van der Waals surface area contributed by atoms with Crippen LogP contribution in [0.4, 0.5) is 0 Å². The van der Waals surface area contributed by atoms with Gasteiger partial charge in [-0.2, -0.15) is 5.26 Å². The lowest BCUT2D eigenvalue weighted by Gasteiger charge is -2.72. The molecule has 6 rings (SSSR count). The van der Waals surface area contributed by atoms with E-state index in [-0.39, 0.29) is 50.4 Å². The molecule has 0 aromatic heterocycles. The number of ether oxygens (including phenoxy) is 1. The van der Waals surface area contributed by atoms with Gasteiger partial charge in [0, 0.05) is 34.7 Å². The van der Waals surface area contributed by atoms with Crippen molar-refractivity contribution in [2.45, 2.75) is 98.1 Å². The maximum absolute atomic E-state index is 14.6. The fourth-order valence-corrected chi connectivity index (χ4v) is 10.7. The number of likely N-dealkylation sites (N-methyl/N-ethyl adjacent to an activating group) is 1. The van der Waals surface area contributed by atoms with E-state index in [4.69, 9.17) is 4.74 Å². The van der Waals surface area contributed by atoms with E-state index in [1.807, 2.05) is 19.2 Å². The van der Waals surface area contributed by atoms with Crippen LogP contribution in [0.1, 0.15) is 86.5 Å². The van der Waals surface area contributed by atoms with Gasteiger partial charge in [-0.05, 0) is 73.5 Å². The number of ketones is 1. The van der Waals surface area contributed by atoms with Gasteiger partial charge in [0.2, 0.25) is 0 Å². The van der Waals surface area contributed by atoms with E-state index in [0.29, 0.717) is 6.61 Å². The van der Waals surface area contributed by atoms with Crippen LogP contribution in [-0.4, -0.2) is 41.9 Å². The molecule has 35 heavy (non-hydrogen) atoms. The molecule has 3 saturated carbocycles. The van der Waals surface area contributed by atoms with Gasteiger partial charge < -0.3 is 9.64 Å². The summed E-state index contributed by atoms with van der Waals surface area (Å²) < 4.78 is 6.96. The molecular weight excluding hydrogens is 436 g/mol. The number of nitrogens with zero attached hydrogens (tertiary/aromatic N) is 2. The third-order valence-electron chi connectivity index (χ3n) is 12.7. The summed E-state index contributed by atoms with van der Waals surface area (Å²) in [4.78, 5) is 29.2. The molecule has 4 fully saturated rings. The van der Waals surface area contributed by atoms with E-state index < -0.39 is 11.0 Å². The van der Waals surface area contributed by atoms with Crippen molar-refractivity contribution in [2.75, 3.05) is 13.7 Å². The lowest BCUT2D eigenvalue weighted by atomic mass is 9.31. The van der Waals surface area contributed by atoms with Gasteiger partial charge in [0.25, 0.3) is 5.91 Å². The number of fused-ring (bicyclic) bond motifs is 4. The fourth-order valence-electron chi connectivity index (χ4n) is 10.7. The Hall–Kier alpha value is -1.93. The molecule has 6 aliphatic rings. The van der Waals surface area contributed by atoms with E-state index in [0.717, 1.165) is 44.1 Å². The van der Waals surface area contributed by atoms with E-state index in [9.17, 15) is 14.9 Å². The smallest absolute Gasteiger partial charge is 0.264 e. The quantitative estimate of drug-likeness (QED) is 0.472. The highest BCUT2D eigenvalue weighted by atomic mass is 16.5. The summed E-state index contributed by atoms with van der Waals surface area (Å²) in [7, 11) is 1.81. The summed E-state index contributed by atoms with van der Waals surface area (Å²) in [6, 6.07) is 2.09. The molecule has 0 radical (unpaired) electrons. The Labute approximate surface area is 209 Å². The van der Waals surface area contributed by atoms with Crippen LogP contribution in [0.15, 0.2) is 23.3 Å². The predicted molar refractivity (Wildman–Crippen MR) is 133 cm³/mol. The Morgan fingerprint density at radius 3 is 2.37 bits per heavy atom. The van der Waals surface area contributed by atoms with Crippen molar-refractivity contribution in [3.8, 4) is 6.07 Å². The number of hydrogen-bond acceptors (Lipinski definition) is 4. The summed E-state index contributed by atoms with van der Waals surface area (Å²) >= 11 is 0. The minimum Gasteiger partial charge on any atom is -0.365 e. The Bertz CT molecular complexity index is 1180. The second kappa shape index (κ2) is 6.31. The van der Waals surface area contributed by atoms with Crippen LogP contribution < -0.4 is 0 Å². The molecule has 0 unspecified atom stereocenters. The van der Waals surface area contributed by atoms with Crippen LogP contribution in [-0.2, 0) is 14.3 Å². The Balaban J connectivity index is 1.60. The van der Waals surface area contributed by atoms with Gasteiger partial charge in [0.15, 0.2) is 5.78 Å². The molecule has 7 atom stereocenters. The van der Waals surface area contributed by atoms with Gasteiger partial charge in [-0.1, -0.05) is 41.5 Å². The predicted octanol–water partition coefficient (Wildman–Crippen LogP) is 5.36. The molecule has 5 nitrogen and oxygen atoms in total. The molecule has 1 spiro atoms. The van der Waals surface area contributed by atoms with Gasteiger partial charge in [-0.15, -0.1) is 0 Å². The third kappa shape index (κ3) is 2.23. The van der Waals surface area contributed by atoms with Gasteiger partial charge in [-0.3, -0.25) is 9.59 Å². The van der Waals surface area contributed by atoms with Crippen LogP contribution in [0.25, 0.3) is 0 Å². The number of carbonyl (C=O) groups excluding carboxylic acids is 2. The molecule has 188 valence electrons. The summed E-state index contributed by atoms with van der Waals surface area (Å²) in [5.74, 6) is -0.0786. The van der Waals surface area contributed by atoms with Gasteiger partial charge in [0.05, 0.1) is 6.61 Å². The van der Waals surface area contributed by atoms with Crippen LogP contribution in [0, 0.1) is 43.8 Å². The minimum atomic E-state index is -0.824. The van der Waals surface area contributed by atoms with Crippen molar-refractivity contribution in [2.24, 2.45) is 32.5 Å². The zero-order valence-electron chi connectivity index (χ0n) is 22.5. The largest absolute Gasteiger partial charge is 0.365 e. The van der Waals surface area contributed by atoms with E-state index in [1.54, 1.807) is 4.90 Å². The summed E-state index contributed by atoms with van der Waals surface area (Å²) in [6.45, 7) is 14.6. The summed E-state index contributed by atoms with van der Waals surface area (Å²) in [5, 5.41) is 9.76. The molecule has 0 aromatic carbocycles. The normalized spacial score (nSPS) is 51.8. The number of amides is 1. The van der Waals surface area contributed by atoms with Gasteiger partial charge in [0.1, 0.15) is 17.2 Å². The van der Waals surface area contributed by atoms with E-state index >= 15 is 0 Å². The Morgan fingerprint density at radius 1 is 1.00 bits per heavy atom. The van der Waals surface area contributed by atoms with Crippen LogP contribution in [0.5, 0.6) is 0 Å². The first-order chi connectivity index (χ1) is 16.2.